The topological polar surface area (TPSA) is 12.9 Å². The van der Waals surface area contributed by atoms with Crippen LogP contribution in [0.2, 0.25) is 0 Å². The number of nitrogens with zero attached hydrogens (tertiary/aromatic N) is 1. The van der Waals surface area contributed by atoms with E-state index < -0.39 is 0 Å². The van der Waals surface area contributed by atoms with E-state index in [0.29, 0.717) is 0 Å². The highest BCUT2D eigenvalue weighted by atomic mass is 14.7. The summed E-state index contributed by atoms with van der Waals surface area (Å²) < 4.78 is 0. The molecule has 0 amide bonds. The lowest BCUT2D eigenvalue weighted by Gasteiger charge is -2.11. The van der Waals surface area contributed by atoms with E-state index in [9.17, 15) is 0 Å². The Bertz CT molecular complexity index is 788. The number of aryl methyl sites for hydroxylation is 3. The molecule has 0 fully saturated rings. The molecule has 22 heavy (non-hydrogen) atoms. The van der Waals surface area contributed by atoms with Gasteiger partial charge >= 0.3 is 0 Å². The van der Waals surface area contributed by atoms with Crippen LogP contribution in [0.25, 0.3) is 22.4 Å². The van der Waals surface area contributed by atoms with Crippen molar-refractivity contribution >= 4 is 0 Å². The number of aromatic nitrogens is 1. The van der Waals surface area contributed by atoms with Crippen LogP contribution >= 0.6 is 0 Å². The van der Waals surface area contributed by atoms with Crippen LogP contribution < -0.4 is 0 Å². The van der Waals surface area contributed by atoms with E-state index in [-0.39, 0.29) is 0 Å². The monoisotopic (exact) mass is 287 g/mol. The Kier molecular flexibility index (Phi) is 4.06. The lowest BCUT2D eigenvalue weighted by Crippen LogP contribution is -1.92. The molecule has 1 nitrogen and oxygen atoms in total. The molecule has 0 saturated carbocycles. The Morgan fingerprint density at radius 2 is 1.59 bits per heavy atom. The van der Waals surface area contributed by atoms with Gasteiger partial charge in [0.25, 0.3) is 0 Å². The minimum absolute atomic E-state index is 1.03. The van der Waals surface area contributed by atoms with E-state index in [0.717, 1.165) is 12.1 Å². The van der Waals surface area contributed by atoms with Gasteiger partial charge in [0, 0.05) is 11.8 Å². The average Bonchev–Trinajstić information content (AvgIpc) is 2.56. The van der Waals surface area contributed by atoms with Gasteiger partial charge in [0.15, 0.2) is 0 Å². The van der Waals surface area contributed by atoms with Crippen LogP contribution in [0, 0.1) is 13.8 Å². The second kappa shape index (κ2) is 6.15. The first kappa shape index (κ1) is 14.5. The molecule has 0 saturated heterocycles. The molecule has 0 bridgehead atoms. The average molecular weight is 287 g/mol. The summed E-state index contributed by atoms with van der Waals surface area (Å²) in [5.41, 5.74) is 8.67. The van der Waals surface area contributed by atoms with Crippen molar-refractivity contribution in [2.75, 3.05) is 0 Å². The molecular weight excluding hydrogens is 266 g/mol. The van der Waals surface area contributed by atoms with Crippen molar-refractivity contribution < 1.29 is 0 Å². The molecule has 0 spiro atoms. The number of pyridine rings is 1. The van der Waals surface area contributed by atoms with Gasteiger partial charge in [-0.15, -0.1) is 0 Å². The van der Waals surface area contributed by atoms with E-state index in [2.05, 4.69) is 80.4 Å². The first-order valence-corrected chi connectivity index (χ1v) is 7.81. The largest absolute Gasteiger partial charge is 0.256 e. The maximum Gasteiger partial charge on any atom is 0.0705 e. The standard InChI is InChI=1S/C21H21N/c1-4-17-14-22-21(12-16(17)3)19-11-10-15(2)20(13-19)18-8-6-5-7-9-18/h5-14H,4H2,1-3H3. The number of hydrogen-bond acceptors (Lipinski definition) is 1. The Morgan fingerprint density at radius 1 is 0.818 bits per heavy atom. The molecular formula is C21H21N. The van der Waals surface area contributed by atoms with Crippen molar-refractivity contribution in [3.8, 4) is 22.4 Å². The lowest BCUT2D eigenvalue weighted by atomic mass is 9.96. The first-order valence-electron chi connectivity index (χ1n) is 7.81. The SMILES string of the molecule is CCc1cnc(-c2ccc(C)c(-c3ccccc3)c2)cc1C. The molecule has 0 N–H and O–H groups in total. The van der Waals surface area contributed by atoms with Crippen molar-refractivity contribution in [3.63, 3.8) is 0 Å². The molecule has 0 aliphatic carbocycles. The van der Waals surface area contributed by atoms with E-state index in [1.54, 1.807) is 0 Å². The summed E-state index contributed by atoms with van der Waals surface area (Å²) in [6, 6.07) is 19.3. The molecule has 3 aromatic rings. The summed E-state index contributed by atoms with van der Waals surface area (Å²) >= 11 is 0. The molecule has 0 radical (unpaired) electrons. The second-order valence-corrected chi connectivity index (χ2v) is 5.75. The molecule has 1 heterocycles. The summed E-state index contributed by atoms with van der Waals surface area (Å²) in [5, 5.41) is 0. The van der Waals surface area contributed by atoms with Crippen molar-refractivity contribution in [2.45, 2.75) is 27.2 Å². The minimum atomic E-state index is 1.03. The third-order valence-corrected chi connectivity index (χ3v) is 4.22. The van der Waals surface area contributed by atoms with Crippen molar-refractivity contribution in [3.05, 3.63) is 77.5 Å². The van der Waals surface area contributed by atoms with Crippen molar-refractivity contribution in [2.24, 2.45) is 0 Å². The predicted molar refractivity (Wildman–Crippen MR) is 94.0 cm³/mol. The van der Waals surface area contributed by atoms with Crippen LogP contribution in [0.4, 0.5) is 0 Å². The van der Waals surface area contributed by atoms with E-state index in [1.165, 1.54) is 33.4 Å². The first-order chi connectivity index (χ1) is 10.7. The molecule has 0 unspecified atom stereocenters. The summed E-state index contributed by atoms with van der Waals surface area (Å²) in [4.78, 5) is 4.65. The summed E-state index contributed by atoms with van der Waals surface area (Å²) in [6.45, 7) is 6.49. The third kappa shape index (κ3) is 2.80. The van der Waals surface area contributed by atoms with Gasteiger partial charge in [-0.2, -0.15) is 0 Å². The van der Waals surface area contributed by atoms with Crippen LogP contribution in [-0.2, 0) is 6.42 Å². The highest BCUT2D eigenvalue weighted by Crippen LogP contribution is 2.29. The zero-order valence-corrected chi connectivity index (χ0v) is 13.4. The lowest BCUT2D eigenvalue weighted by molar-refractivity contribution is 1.07. The summed E-state index contributed by atoms with van der Waals surface area (Å²) in [6.07, 6.45) is 3.04. The van der Waals surface area contributed by atoms with Gasteiger partial charge < -0.3 is 0 Å². The molecule has 2 aromatic carbocycles. The van der Waals surface area contributed by atoms with E-state index in [1.807, 2.05) is 6.20 Å². The summed E-state index contributed by atoms with van der Waals surface area (Å²) in [5.74, 6) is 0. The van der Waals surface area contributed by atoms with Crippen LogP contribution in [0.3, 0.4) is 0 Å². The van der Waals surface area contributed by atoms with Gasteiger partial charge in [-0.3, -0.25) is 4.98 Å². The van der Waals surface area contributed by atoms with Crippen LogP contribution in [0.1, 0.15) is 23.6 Å². The Morgan fingerprint density at radius 3 is 2.27 bits per heavy atom. The molecule has 0 aliphatic rings. The number of benzene rings is 2. The molecule has 110 valence electrons. The maximum atomic E-state index is 4.65. The fraction of sp³-hybridized carbons (Fsp3) is 0.190. The molecule has 1 heteroatoms. The van der Waals surface area contributed by atoms with Crippen molar-refractivity contribution in [1.82, 2.24) is 4.98 Å². The fourth-order valence-electron chi connectivity index (χ4n) is 2.82. The van der Waals surface area contributed by atoms with Gasteiger partial charge in [0.05, 0.1) is 5.69 Å². The van der Waals surface area contributed by atoms with E-state index >= 15 is 0 Å². The van der Waals surface area contributed by atoms with Gasteiger partial charge in [-0.25, -0.2) is 0 Å². The number of hydrogen-bond donors (Lipinski definition) is 0. The maximum absolute atomic E-state index is 4.65. The third-order valence-electron chi connectivity index (χ3n) is 4.22. The van der Waals surface area contributed by atoms with Crippen molar-refractivity contribution in [1.29, 1.82) is 0 Å². The van der Waals surface area contributed by atoms with Gasteiger partial charge in [0.2, 0.25) is 0 Å². The highest BCUT2D eigenvalue weighted by molar-refractivity contribution is 5.74. The van der Waals surface area contributed by atoms with E-state index in [4.69, 9.17) is 0 Å². The quantitative estimate of drug-likeness (QED) is 0.611. The zero-order valence-electron chi connectivity index (χ0n) is 13.4. The zero-order chi connectivity index (χ0) is 15.5. The van der Waals surface area contributed by atoms with Gasteiger partial charge in [-0.05, 0) is 60.2 Å². The predicted octanol–water partition coefficient (Wildman–Crippen LogP) is 5.59. The minimum Gasteiger partial charge on any atom is -0.256 e. The fourth-order valence-corrected chi connectivity index (χ4v) is 2.82. The Hall–Kier alpha value is -2.41. The smallest absolute Gasteiger partial charge is 0.0705 e. The van der Waals surface area contributed by atoms with Crippen LogP contribution in [0.15, 0.2) is 60.8 Å². The Balaban J connectivity index is 2.08. The second-order valence-electron chi connectivity index (χ2n) is 5.75. The normalized spacial score (nSPS) is 10.7. The Labute approximate surface area is 132 Å². The van der Waals surface area contributed by atoms with Crippen LogP contribution in [-0.4, -0.2) is 4.98 Å². The van der Waals surface area contributed by atoms with Gasteiger partial charge in [-0.1, -0.05) is 49.4 Å². The van der Waals surface area contributed by atoms with Gasteiger partial charge in [0.1, 0.15) is 0 Å². The molecule has 1 aromatic heterocycles. The number of rotatable bonds is 3. The molecule has 0 atom stereocenters. The van der Waals surface area contributed by atoms with Crippen LogP contribution in [0.5, 0.6) is 0 Å². The molecule has 0 aliphatic heterocycles. The molecule has 3 rings (SSSR count). The highest BCUT2D eigenvalue weighted by Gasteiger charge is 2.07. The summed E-state index contributed by atoms with van der Waals surface area (Å²) in [7, 11) is 0.